The molecule has 0 atom stereocenters. The Hall–Kier alpha value is -1.23. The molecule has 0 spiro atoms. The van der Waals surface area contributed by atoms with Crippen LogP contribution < -0.4 is 11.1 Å². The third-order valence-corrected chi connectivity index (χ3v) is 2.70. The minimum Gasteiger partial charge on any atom is -0.347 e. The van der Waals surface area contributed by atoms with Crippen molar-refractivity contribution >= 4 is 47.3 Å². The fourth-order valence-electron chi connectivity index (χ4n) is 1.93. The Kier molecular flexibility index (Phi) is 7.52. The summed E-state index contributed by atoms with van der Waals surface area (Å²) >= 11 is 0. The van der Waals surface area contributed by atoms with Crippen LogP contribution in [0.25, 0.3) is 10.9 Å². The first-order valence-corrected chi connectivity index (χ1v) is 5.83. The summed E-state index contributed by atoms with van der Waals surface area (Å²) in [4.78, 5) is 11.2. The molecule has 0 saturated heterocycles. The van der Waals surface area contributed by atoms with Gasteiger partial charge in [-0.05, 0) is 30.7 Å². The summed E-state index contributed by atoms with van der Waals surface area (Å²) in [6, 6.07) is 7.96. The van der Waals surface area contributed by atoms with E-state index in [1.54, 1.807) is 0 Å². The number of fused-ring (bicyclic) bond motifs is 1. The smallest absolute Gasteiger partial charge is 0.238 e. The van der Waals surface area contributed by atoms with Crippen LogP contribution in [-0.4, -0.2) is 17.0 Å². The highest BCUT2D eigenvalue weighted by atomic mass is 35.5. The fourth-order valence-corrected chi connectivity index (χ4v) is 1.93. The Morgan fingerprint density at radius 2 is 2.05 bits per heavy atom. The van der Waals surface area contributed by atoms with Gasteiger partial charge in [-0.2, -0.15) is 0 Å². The third kappa shape index (κ3) is 4.13. The van der Waals surface area contributed by atoms with Gasteiger partial charge in [-0.3, -0.25) is 4.79 Å². The molecule has 2 aromatic rings. The number of aryl methyl sites for hydroxylation is 1. The topological polar surface area (TPSA) is 60.0 Å². The highest BCUT2D eigenvalue weighted by Gasteiger charge is 2.03. The van der Waals surface area contributed by atoms with Crippen molar-refractivity contribution in [1.82, 2.24) is 4.57 Å². The number of nitrogens with zero attached hydrogens (tertiary/aromatic N) is 1. The molecule has 2 rings (SSSR count). The van der Waals surface area contributed by atoms with Crippen molar-refractivity contribution in [1.29, 1.82) is 0 Å². The molecule has 4 nitrogen and oxygen atoms in total. The molecule has 0 fully saturated rings. The zero-order valence-corrected chi connectivity index (χ0v) is 12.4. The van der Waals surface area contributed by atoms with Crippen molar-refractivity contribution in [2.45, 2.75) is 19.9 Å². The van der Waals surface area contributed by atoms with E-state index in [2.05, 4.69) is 29.1 Å². The molecule has 0 radical (unpaired) electrons. The van der Waals surface area contributed by atoms with E-state index >= 15 is 0 Å². The van der Waals surface area contributed by atoms with Crippen molar-refractivity contribution in [3.8, 4) is 0 Å². The van der Waals surface area contributed by atoms with Gasteiger partial charge in [-0.15, -0.1) is 24.8 Å². The van der Waals surface area contributed by atoms with E-state index in [1.165, 1.54) is 5.52 Å². The van der Waals surface area contributed by atoms with Crippen molar-refractivity contribution in [3.63, 3.8) is 0 Å². The highest BCUT2D eigenvalue weighted by molar-refractivity contribution is 5.94. The first-order chi connectivity index (χ1) is 8.24. The van der Waals surface area contributed by atoms with Crippen molar-refractivity contribution in [2.24, 2.45) is 5.73 Å². The molecular formula is C13H19Cl2N3O. The third-order valence-electron chi connectivity index (χ3n) is 2.70. The van der Waals surface area contributed by atoms with Gasteiger partial charge in [-0.25, -0.2) is 0 Å². The molecule has 3 N–H and O–H groups in total. The first kappa shape index (κ1) is 17.8. The summed E-state index contributed by atoms with van der Waals surface area (Å²) < 4.78 is 2.21. The number of anilines is 1. The Bertz CT molecular complexity index is 540. The standard InChI is InChI=1S/C13H17N3O.2ClH/c1-2-6-16-7-5-10-8-11(3-4-12(10)16)15-13(17)9-14;;/h3-5,7-8H,2,6,9,14H2,1H3,(H,15,17);2*1H. The van der Waals surface area contributed by atoms with Crippen molar-refractivity contribution < 1.29 is 4.79 Å². The van der Waals surface area contributed by atoms with E-state index in [1.807, 2.05) is 18.2 Å². The summed E-state index contributed by atoms with van der Waals surface area (Å²) in [6.45, 7) is 3.18. The van der Waals surface area contributed by atoms with Gasteiger partial charge >= 0.3 is 0 Å². The van der Waals surface area contributed by atoms with Gasteiger partial charge in [0.15, 0.2) is 0 Å². The summed E-state index contributed by atoms with van der Waals surface area (Å²) in [5.74, 6) is -0.169. The second-order valence-electron chi connectivity index (χ2n) is 4.04. The van der Waals surface area contributed by atoms with Crippen LogP contribution in [-0.2, 0) is 11.3 Å². The second-order valence-corrected chi connectivity index (χ2v) is 4.04. The zero-order chi connectivity index (χ0) is 12.3. The van der Waals surface area contributed by atoms with Gasteiger partial charge in [0.05, 0.1) is 6.54 Å². The van der Waals surface area contributed by atoms with E-state index in [4.69, 9.17) is 5.73 Å². The largest absolute Gasteiger partial charge is 0.347 e. The number of carbonyl (C=O) groups excluding carboxylic acids is 1. The maximum Gasteiger partial charge on any atom is 0.238 e. The average Bonchev–Trinajstić information content (AvgIpc) is 2.72. The van der Waals surface area contributed by atoms with Gasteiger partial charge in [0.1, 0.15) is 0 Å². The van der Waals surface area contributed by atoms with Crippen molar-refractivity contribution in [3.05, 3.63) is 30.5 Å². The molecule has 0 aliphatic rings. The lowest BCUT2D eigenvalue weighted by Gasteiger charge is -2.05. The Balaban J connectivity index is 0.00000162. The Labute approximate surface area is 125 Å². The molecule has 19 heavy (non-hydrogen) atoms. The second kappa shape index (κ2) is 8.04. The van der Waals surface area contributed by atoms with Crippen LogP contribution in [0.5, 0.6) is 0 Å². The quantitative estimate of drug-likeness (QED) is 0.912. The molecule has 0 unspecified atom stereocenters. The molecule has 1 amide bonds. The molecule has 0 bridgehead atoms. The van der Waals surface area contributed by atoms with Crippen LogP contribution in [0.4, 0.5) is 5.69 Å². The minimum atomic E-state index is -0.169. The predicted molar refractivity (Wildman–Crippen MR) is 84.4 cm³/mol. The van der Waals surface area contributed by atoms with E-state index in [9.17, 15) is 4.79 Å². The monoisotopic (exact) mass is 303 g/mol. The summed E-state index contributed by atoms with van der Waals surface area (Å²) in [5, 5.41) is 3.88. The average molecular weight is 304 g/mol. The van der Waals surface area contributed by atoms with Gasteiger partial charge in [0.25, 0.3) is 0 Å². The highest BCUT2D eigenvalue weighted by Crippen LogP contribution is 2.20. The number of hydrogen-bond acceptors (Lipinski definition) is 2. The lowest BCUT2D eigenvalue weighted by Crippen LogP contribution is -2.21. The lowest BCUT2D eigenvalue weighted by molar-refractivity contribution is -0.114. The van der Waals surface area contributed by atoms with Crippen molar-refractivity contribution in [2.75, 3.05) is 11.9 Å². The predicted octanol–water partition coefficient (Wildman–Crippen LogP) is 2.79. The number of amides is 1. The zero-order valence-electron chi connectivity index (χ0n) is 10.8. The number of rotatable bonds is 4. The fraction of sp³-hybridized carbons (Fsp3) is 0.308. The molecule has 1 heterocycles. The number of halogens is 2. The van der Waals surface area contributed by atoms with E-state index in [0.29, 0.717) is 0 Å². The lowest BCUT2D eigenvalue weighted by atomic mass is 10.2. The molecule has 1 aromatic carbocycles. The number of nitrogens with one attached hydrogen (secondary N) is 1. The molecule has 1 aromatic heterocycles. The van der Waals surface area contributed by atoms with Gasteiger partial charge in [-0.1, -0.05) is 6.92 Å². The molecule has 6 heteroatoms. The first-order valence-electron chi connectivity index (χ1n) is 5.83. The van der Waals surface area contributed by atoms with E-state index in [0.717, 1.165) is 24.0 Å². The number of aromatic nitrogens is 1. The minimum absolute atomic E-state index is 0. The molecule has 0 aliphatic heterocycles. The molecular weight excluding hydrogens is 285 g/mol. The summed E-state index contributed by atoms with van der Waals surface area (Å²) in [5.41, 5.74) is 7.25. The number of nitrogens with two attached hydrogens (primary N) is 1. The van der Waals surface area contributed by atoms with E-state index < -0.39 is 0 Å². The van der Waals surface area contributed by atoms with Crippen LogP contribution in [0, 0.1) is 0 Å². The van der Waals surface area contributed by atoms with E-state index in [-0.39, 0.29) is 37.3 Å². The van der Waals surface area contributed by atoms with Gasteiger partial charge < -0.3 is 15.6 Å². The van der Waals surface area contributed by atoms with Gasteiger partial charge in [0, 0.05) is 29.3 Å². The molecule has 106 valence electrons. The summed E-state index contributed by atoms with van der Waals surface area (Å²) in [7, 11) is 0. The van der Waals surface area contributed by atoms with Crippen LogP contribution in [0.3, 0.4) is 0 Å². The van der Waals surface area contributed by atoms with Crippen LogP contribution in [0.15, 0.2) is 30.5 Å². The SMILES string of the molecule is CCCn1ccc2cc(NC(=O)CN)ccc21.Cl.Cl. The van der Waals surface area contributed by atoms with Crippen LogP contribution >= 0.6 is 24.8 Å². The number of hydrogen-bond donors (Lipinski definition) is 2. The maximum absolute atomic E-state index is 11.2. The van der Waals surface area contributed by atoms with Gasteiger partial charge in [0.2, 0.25) is 5.91 Å². The molecule has 0 aliphatic carbocycles. The normalized spacial score (nSPS) is 9.58. The number of benzene rings is 1. The Morgan fingerprint density at radius 1 is 1.32 bits per heavy atom. The Morgan fingerprint density at radius 3 is 2.68 bits per heavy atom. The summed E-state index contributed by atoms with van der Waals surface area (Å²) in [6.07, 6.45) is 3.18. The number of carbonyl (C=O) groups is 1. The van der Waals surface area contributed by atoms with Crippen LogP contribution in [0.2, 0.25) is 0 Å². The van der Waals surface area contributed by atoms with Crippen LogP contribution in [0.1, 0.15) is 13.3 Å². The molecule has 0 saturated carbocycles. The maximum atomic E-state index is 11.2.